The second-order valence-electron chi connectivity index (χ2n) is 9.75. The lowest BCUT2D eigenvalue weighted by atomic mass is 10.1. The number of para-hydroxylation sites is 1. The van der Waals surface area contributed by atoms with Gasteiger partial charge in [-0.2, -0.15) is 0 Å². The van der Waals surface area contributed by atoms with Crippen LogP contribution in [0.2, 0.25) is 5.02 Å². The van der Waals surface area contributed by atoms with Gasteiger partial charge in [0.1, 0.15) is 18.0 Å². The van der Waals surface area contributed by atoms with Crippen LogP contribution < -0.4 is 9.64 Å². The quantitative estimate of drug-likeness (QED) is 0.165. The number of nitrogens with zero attached hydrogens (tertiary/aromatic N) is 4. The van der Waals surface area contributed by atoms with Gasteiger partial charge in [-0.25, -0.2) is 0 Å². The summed E-state index contributed by atoms with van der Waals surface area (Å²) in [4.78, 5) is 40.9. The second kappa shape index (κ2) is 11.8. The van der Waals surface area contributed by atoms with Crippen LogP contribution in [0, 0.1) is 24.0 Å². The van der Waals surface area contributed by atoms with Crippen molar-refractivity contribution in [3.63, 3.8) is 0 Å². The lowest BCUT2D eigenvalue weighted by Crippen LogP contribution is -2.32. The van der Waals surface area contributed by atoms with E-state index < -0.39 is 0 Å². The summed E-state index contributed by atoms with van der Waals surface area (Å²) >= 11 is 6.99. The fraction of sp³-hybridized carbons (Fsp3) is 0.310. The predicted octanol–water partition coefficient (Wildman–Crippen LogP) is 6.76. The van der Waals surface area contributed by atoms with Gasteiger partial charge in [0.2, 0.25) is 0 Å². The molecule has 2 fully saturated rings. The molecule has 2 amide bonds. The Morgan fingerprint density at radius 2 is 1.82 bits per heavy atom. The molecule has 40 heavy (non-hydrogen) atoms. The number of imide groups is 1. The number of aryl methyl sites for hydroxylation is 1. The minimum absolute atomic E-state index is 0.0774. The Hall–Kier alpha value is -3.76. The van der Waals surface area contributed by atoms with Gasteiger partial charge in [-0.15, -0.1) is 0 Å². The lowest BCUT2D eigenvalue weighted by molar-refractivity contribution is -0.384. The molecule has 0 aliphatic carbocycles. The molecule has 2 aliphatic heterocycles. The molecule has 0 unspecified atom stereocenters. The number of carbonyl (C=O) groups excluding carboxylic acids is 2. The fourth-order valence-electron chi connectivity index (χ4n) is 5.17. The van der Waals surface area contributed by atoms with E-state index in [1.54, 1.807) is 36.4 Å². The molecule has 2 aromatic carbocycles. The Morgan fingerprint density at radius 3 is 2.55 bits per heavy atom. The van der Waals surface area contributed by atoms with Gasteiger partial charge in [-0.05, 0) is 86.8 Å². The van der Waals surface area contributed by atoms with Crippen molar-refractivity contribution in [3.8, 4) is 11.4 Å². The Morgan fingerprint density at radius 1 is 1.07 bits per heavy atom. The van der Waals surface area contributed by atoms with Crippen molar-refractivity contribution >= 4 is 52.0 Å². The first-order chi connectivity index (χ1) is 19.2. The van der Waals surface area contributed by atoms with E-state index in [0.29, 0.717) is 27.1 Å². The molecule has 2 aliphatic rings. The number of aromatic nitrogens is 1. The number of anilines is 1. The number of ether oxygens (including phenoxy) is 1. The van der Waals surface area contributed by atoms with Crippen molar-refractivity contribution in [2.24, 2.45) is 0 Å². The number of hydrogen-bond acceptors (Lipinski definition) is 7. The predicted molar refractivity (Wildman–Crippen MR) is 158 cm³/mol. The van der Waals surface area contributed by atoms with Crippen molar-refractivity contribution in [2.75, 3.05) is 31.1 Å². The van der Waals surface area contributed by atoms with Crippen LogP contribution in [-0.2, 0) is 4.79 Å². The summed E-state index contributed by atoms with van der Waals surface area (Å²) in [7, 11) is 0. The third-order valence-corrected chi connectivity index (χ3v) is 8.37. The average molecular weight is 581 g/mol. The van der Waals surface area contributed by atoms with Gasteiger partial charge in [0.15, 0.2) is 0 Å². The molecule has 3 heterocycles. The van der Waals surface area contributed by atoms with E-state index >= 15 is 0 Å². The number of hydrogen-bond donors (Lipinski definition) is 0. The molecular weight excluding hydrogens is 552 g/mol. The Balaban J connectivity index is 1.36. The van der Waals surface area contributed by atoms with Crippen LogP contribution in [0.5, 0.6) is 5.75 Å². The Labute approximate surface area is 241 Å². The van der Waals surface area contributed by atoms with Crippen molar-refractivity contribution in [1.82, 2.24) is 9.47 Å². The van der Waals surface area contributed by atoms with Gasteiger partial charge in [0.25, 0.3) is 16.8 Å². The third-order valence-electron chi connectivity index (χ3n) is 7.15. The molecule has 208 valence electrons. The first-order valence-corrected chi connectivity index (χ1v) is 14.3. The van der Waals surface area contributed by atoms with Crippen molar-refractivity contribution < 1.29 is 19.2 Å². The van der Waals surface area contributed by atoms with Crippen LogP contribution in [0.15, 0.2) is 53.4 Å². The number of halogens is 1. The number of thioether (sulfide) groups is 1. The molecule has 0 N–H and O–H groups in total. The van der Waals surface area contributed by atoms with E-state index in [1.165, 1.54) is 0 Å². The fourth-order valence-corrected chi connectivity index (χ4v) is 6.22. The monoisotopic (exact) mass is 580 g/mol. The van der Waals surface area contributed by atoms with Crippen LogP contribution in [0.1, 0.15) is 36.2 Å². The first kappa shape index (κ1) is 27.8. The number of amides is 2. The number of nitro benzene ring substituents is 1. The summed E-state index contributed by atoms with van der Waals surface area (Å²) in [6, 6.07) is 14.3. The minimum Gasteiger partial charge on any atom is -0.490 e. The summed E-state index contributed by atoms with van der Waals surface area (Å²) in [5, 5.41) is 12.1. The highest BCUT2D eigenvalue weighted by Gasteiger charge is 2.35. The molecule has 0 bridgehead atoms. The molecule has 0 saturated carbocycles. The van der Waals surface area contributed by atoms with Gasteiger partial charge in [-0.3, -0.25) is 24.6 Å². The molecule has 0 atom stereocenters. The number of benzene rings is 2. The van der Waals surface area contributed by atoms with Crippen LogP contribution in [-0.4, -0.2) is 51.8 Å². The number of rotatable bonds is 8. The maximum atomic E-state index is 13.1. The van der Waals surface area contributed by atoms with E-state index in [2.05, 4.69) is 4.90 Å². The summed E-state index contributed by atoms with van der Waals surface area (Å²) in [6.07, 6.45) is 4.90. The topological polar surface area (TPSA) is 97.9 Å². The molecule has 11 heteroatoms. The van der Waals surface area contributed by atoms with Crippen LogP contribution in [0.4, 0.5) is 16.2 Å². The van der Waals surface area contributed by atoms with Gasteiger partial charge in [0, 0.05) is 30.5 Å². The summed E-state index contributed by atoms with van der Waals surface area (Å²) in [5.74, 6) is 0.104. The second-order valence-corrected chi connectivity index (χ2v) is 11.2. The largest absolute Gasteiger partial charge is 0.490 e. The zero-order valence-corrected chi connectivity index (χ0v) is 23.8. The van der Waals surface area contributed by atoms with Gasteiger partial charge >= 0.3 is 0 Å². The number of carbonyl (C=O) groups is 2. The van der Waals surface area contributed by atoms with E-state index in [-0.39, 0.29) is 34.9 Å². The maximum absolute atomic E-state index is 13.1. The molecule has 2 saturated heterocycles. The average Bonchev–Trinajstić information content (AvgIpc) is 3.38. The highest BCUT2D eigenvalue weighted by atomic mass is 35.5. The van der Waals surface area contributed by atoms with Crippen molar-refractivity contribution in [1.29, 1.82) is 0 Å². The number of piperidine rings is 1. The van der Waals surface area contributed by atoms with Crippen molar-refractivity contribution in [3.05, 3.63) is 85.5 Å². The molecule has 1 aromatic heterocycles. The van der Waals surface area contributed by atoms with Crippen LogP contribution in [0.25, 0.3) is 11.8 Å². The third kappa shape index (κ3) is 5.59. The SMILES string of the molecule is Cc1cc(/C=C2\SC(=O)N(CCOc3ccccc3Cl)C2=O)c(C)n1-c1ccc(N2CCCCC2)c([N+](=O)[O-])c1. The number of nitro groups is 1. The van der Waals surface area contributed by atoms with Crippen LogP contribution >= 0.6 is 23.4 Å². The normalized spacial score (nSPS) is 16.7. The van der Waals surface area contributed by atoms with E-state index in [0.717, 1.165) is 66.0 Å². The minimum atomic E-state index is -0.385. The van der Waals surface area contributed by atoms with Crippen LogP contribution in [0.3, 0.4) is 0 Å². The maximum Gasteiger partial charge on any atom is 0.294 e. The summed E-state index contributed by atoms with van der Waals surface area (Å²) < 4.78 is 7.58. The Bertz CT molecular complexity index is 1510. The van der Waals surface area contributed by atoms with Crippen molar-refractivity contribution in [2.45, 2.75) is 33.1 Å². The zero-order valence-electron chi connectivity index (χ0n) is 22.3. The standard InChI is InChI=1S/C29H29ClN4O5S/c1-19-16-21(17-27-28(35)32(29(36)40-27)14-15-39-26-9-5-4-8-23(26)30)20(2)33(19)22-10-11-24(25(18-22)34(37)38)31-12-6-3-7-13-31/h4-5,8-11,16-18H,3,6-7,12-15H2,1-2H3/b27-17-. The zero-order chi connectivity index (χ0) is 28.4. The molecule has 0 spiro atoms. The van der Waals surface area contributed by atoms with Gasteiger partial charge < -0.3 is 14.2 Å². The smallest absolute Gasteiger partial charge is 0.294 e. The molecule has 9 nitrogen and oxygen atoms in total. The molecule has 0 radical (unpaired) electrons. The van der Waals surface area contributed by atoms with Gasteiger partial charge in [0.05, 0.1) is 27.1 Å². The molecule has 3 aromatic rings. The molecule has 5 rings (SSSR count). The van der Waals surface area contributed by atoms with E-state index in [1.807, 2.05) is 36.6 Å². The molecular formula is C29H29ClN4O5S. The van der Waals surface area contributed by atoms with E-state index in [9.17, 15) is 19.7 Å². The highest BCUT2D eigenvalue weighted by molar-refractivity contribution is 8.18. The highest BCUT2D eigenvalue weighted by Crippen LogP contribution is 2.36. The first-order valence-electron chi connectivity index (χ1n) is 13.1. The Kier molecular flexibility index (Phi) is 8.18. The summed E-state index contributed by atoms with van der Waals surface area (Å²) in [6.45, 7) is 5.65. The van der Waals surface area contributed by atoms with E-state index in [4.69, 9.17) is 16.3 Å². The summed E-state index contributed by atoms with van der Waals surface area (Å²) in [5.41, 5.74) is 3.82. The van der Waals surface area contributed by atoms with Gasteiger partial charge in [-0.1, -0.05) is 23.7 Å². The lowest BCUT2D eigenvalue weighted by Gasteiger charge is -2.28.